The number of benzene rings is 2. The molecule has 0 saturated carbocycles. The molecule has 3 N–H and O–H groups in total. The van der Waals surface area contributed by atoms with Crippen LogP contribution >= 0.6 is 0 Å². The first kappa shape index (κ1) is 15.2. The van der Waals surface area contributed by atoms with Crippen molar-refractivity contribution in [1.82, 2.24) is 10.3 Å². The Hall–Kier alpha value is -2.66. The number of ether oxygens (including phenoxy) is 2. The van der Waals surface area contributed by atoms with E-state index in [-0.39, 0.29) is 5.75 Å². The fourth-order valence-corrected chi connectivity index (χ4v) is 2.60. The van der Waals surface area contributed by atoms with Crippen LogP contribution in [-0.2, 0) is 13.1 Å². The Balaban J connectivity index is 1.69. The summed E-state index contributed by atoms with van der Waals surface area (Å²) in [6.45, 7) is 1.42. The van der Waals surface area contributed by atoms with Crippen molar-refractivity contribution in [2.45, 2.75) is 13.1 Å². The summed E-state index contributed by atoms with van der Waals surface area (Å²) in [7, 11) is 3.22. The zero-order valence-electron chi connectivity index (χ0n) is 13.2. The Morgan fingerprint density at radius 3 is 2.70 bits per heavy atom. The normalized spacial score (nSPS) is 10.9. The van der Waals surface area contributed by atoms with Crippen molar-refractivity contribution in [1.29, 1.82) is 0 Å². The van der Waals surface area contributed by atoms with Gasteiger partial charge in [0, 0.05) is 30.2 Å². The standard InChI is InChI=1S/C18H20N2O3/c1-22-14-4-5-16-15(8-14)13(11-20-16)10-19-9-12-3-6-17(21)18(7-12)23-2/h3-8,11,19-21H,9-10H2,1-2H3. The molecule has 0 atom stereocenters. The molecular weight excluding hydrogens is 292 g/mol. The topological polar surface area (TPSA) is 66.5 Å². The van der Waals surface area contributed by atoms with Crippen LogP contribution in [-0.4, -0.2) is 24.3 Å². The first-order chi connectivity index (χ1) is 11.2. The van der Waals surface area contributed by atoms with E-state index in [4.69, 9.17) is 9.47 Å². The summed E-state index contributed by atoms with van der Waals surface area (Å²) in [5.41, 5.74) is 3.33. The second kappa shape index (κ2) is 6.62. The number of aromatic amines is 1. The molecule has 0 aliphatic heterocycles. The molecule has 23 heavy (non-hydrogen) atoms. The lowest BCUT2D eigenvalue weighted by Crippen LogP contribution is -2.12. The second-order valence-corrected chi connectivity index (χ2v) is 5.34. The van der Waals surface area contributed by atoms with Crippen LogP contribution in [0.3, 0.4) is 0 Å². The maximum absolute atomic E-state index is 9.62. The zero-order chi connectivity index (χ0) is 16.2. The number of hydrogen-bond acceptors (Lipinski definition) is 4. The molecule has 1 aromatic heterocycles. The summed E-state index contributed by atoms with van der Waals surface area (Å²) < 4.78 is 10.4. The maximum atomic E-state index is 9.62. The highest BCUT2D eigenvalue weighted by molar-refractivity contribution is 5.84. The number of H-pyrrole nitrogens is 1. The van der Waals surface area contributed by atoms with Crippen LogP contribution in [0.2, 0.25) is 0 Å². The van der Waals surface area contributed by atoms with Gasteiger partial charge in [-0.25, -0.2) is 0 Å². The number of hydrogen-bond donors (Lipinski definition) is 3. The number of rotatable bonds is 6. The fourth-order valence-electron chi connectivity index (χ4n) is 2.60. The monoisotopic (exact) mass is 312 g/mol. The Bertz CT molecular complexity index is 811. The summed E-state index contributed by atoms with van der Waals surface area (Å²) in [6, 6.07) is 11.4. The Morgan fingerprint density at radius 1 is 1.04 bits per heavy atom. The van der Waals surface area contributed by atoms with Gasteiger partial charge in [0.1, 0.15) is 5.75 Å². The highest BCUT2D eigenvalue weighted by Crippen LogP contribution is 2.26. The zero-order valence-corrected chi connectivity index (χ0v) is 13.2. The quantitative estimate of drug-likeness (QED) is 0.654. The molecule has 0 amide bonds. The lowest BCUT2D eigenvalue weighted by Gasteiger charge is -2.08. The van der Waals surface area contributed by atoms with Crippen LogP contribution < -0.4 is 14.8 Å². The molecule has 0 radical (unpaired) electrons. The van der Waals surface area contributed by atoms with Crippen molar-refractivity contribution in [3.8, 4) is 17.2 Å². The minimum Gasteiger partial charge on any atom is -0.504 e. The number of phenolic OH excluding ortho intramolecular Hbond substituents is 1. The number of aromatic nitrogens is 1. The third-order valence-corrected chi connectivity index (χ3v) is 3.86. The summed E-state index contributed by atoms with van der Waals surface area (Å²) in [4.78, 5) is 3.27. The smallest absolute Gasteiger partial charge is 0.160 e. The molecule has 0 unspecified atom stereocenters. The van der Waals surface area contributed by atoms with E-state index in [1.807, 2.05) is 36.5 Å². The van der Waals surface area contributed by atoms with Crippen LogP contribution in [0.4, 0.5) is 0 Å². The summed E-state index contributed by atoms with van der Waals surface area (Å²) in [5.74, 6) is 1.49. The van der Waals surface area contributed by atoms with Gasteiger partial charge in [0.15, 0.2) is 11.5 Å². The van der Waals surface area contributed by atoms with Crippen LogP contribution in [0.25, 0.3) is 10.9 Å². The summed E-state index contributed by atoms with van der Waals surface area (Å²) in [6.07, 6.45) is 2.01. The summed E-state index contributed by atoms with van der Waals surface area (Å²) >= 11 is 0. The molecule has 120 valence electrons. The molecule has 2 aromatic carbocycles. The molecule has 5 heteroatoms. The molecule has 0 spiro atoms. The molecule has 0 fully saturated rings. The van der Waals surface area contributed by atoms with Crippen molar-refractivity contribution in [3.05, 3.63) is 53.7 Å². The maximum Gasteiger partial charge on any atom is 0.160 e. The van der Waals surface area contributed by atoms with Crippen molar-refractivity contribution in [2.24, 2.45) is 0 Å². The molecule has 5 nitrogen and oxygen atoms in total. The highest BCUT2D eigenvalue weighted by Gasteiger charge is 2.06. The van der Waals surface area contributed by atoms with Gasteiger partial charge in [-0.2, -0.15) is 0 Å². The van der Waals surface area contributed by atoms with E-state index >= 15 is 0 Å². The lowest BCUT2D eigenvalue weighted by molar-refractivity contribution is 0.373. The minimum absolute atomic E-state index is 0.153. The largest absolute Gasteiger partial charge is 0.504 e. The fraction of sp³-hybridized carbons (Fsp3) is 0.222. The van der Waals surface area contributed by atoms with Crippen LogP contribution in [0.5, 0.6) is 17.2 Å². The number of phenols is 1. The molecule has 0 saturated heterocycles. The van der Waals surface area contributed by atoms with Crippen molar-refractivity contribution >= 4 is 10.9 Å². The van der Waals surface area contributed by atoms with Crippen LogP contribution in [0.1, 0.15) is 11.1 Å². The Morgan fingerprint density at radius 2 is 1.91 bits per heavy atom. The van der Waals surface area contributed by atoms with Gasteiger partial charge < -0.3 is 24.9 Å². The first-order valence-electron chi connectivity index (χ1n) is 7.42. The van der Waals surface area contributed by atoms with Crippen molar-refractivity contribution in [2.75, 3.05) is 14.2 Å². The third kappa shape index (κ3) is 3.24. The van der Waals surface area contributed by atoms with Crippen LogP contribution in [0.15, 0.2) is 42.6 Å². The number of aromatic hydroxyl groups is 1. The van der Waals surface area contributed by atoms with Crippen molar-refractivity contribution < 1.29 is 14.6 Å². The second-order valence-electron chi connectivity index (χ2n) is 5.34. The molecule has 3 aromatic rings. The molecular formula is C18H20N2O3. The predicted molar refractivity (Wildman–Crippen MR) is 90.1 cm³/mol. The highest BCUT2D eigenvalue weighted by atomic mass is 16.5. The lowest BCUT2D eigenvalue weighted by atomic mass is 10.1. The van der Waals surface area contributed by atoms with E-state index in [1.54, 1.807) is 20.3 Å². The van der Waals surface area contributed by atoms with Gasteiger partial charge in [-0.05, 0) is 41.5 Å². The predicted octanol–water partition coefficient (Wildman–Crippen LogP) is 3.18. The van der Waals surface area contributed by atoms with E-state index in [9.17, 15) is 5.11 Å². The van der Waals surface area contributed by atoms with Gasteiger partial charge in [-0.1, -0.05) is 6.07 Å². The van der Waals surface area contributed by atoms with Gasteiger partial charge in [0.2, 0.25) is 0 Å². The number of methoxy groups -OCH3 is 2. The van der Waals surface area contributed by atoms with Gasteiger partial charge in [-0.3, -0.25) is 0 Å². The number of nitrogens with one attached hydrogen (secondary N) is 2. The minimum atomic E-state index is 0.153. The molecule has 0 bridgehead atoms. The van der Waals surface area contributed by atoms with Gasteiger partial charge in [-0.15, -0.1) is 0 Å². The molecule has 0 aliphatic rings. The molecule has 0 aliphatic carbocycles. The van der Waals surface area contributed by atoms with E-state index in [0.717, 1.165) is 28.8 Å². The van der Waals surface area contributed by atoms with E-state index in [2.05, 4.69) is 10.3 Å². The van der Waals surface area contributed by atoms with E-state index in [1.165, 1.54) is 5.56 Å². The van der Waals surface area contributed by atoms with Gasteiger partial charge >= 0.3 is 0 Å². The van der Waals surface area contributed by atoms with Crippen molar-refractivity contribution in [3.63, 3.8) is 0 Å². The molecule has 1 heterocycles. The third-order valence-electron chi connectivity index (χ3n) is 3.86. The van der Waals surface area contributed by atoms with Gasteiger partial charge in [0.25, 0.3) is 0 Å². The van der Waals surface area contributed by atoms with E-state index < -0.39 is 0 Å². The average molecular weight is 312 g/mol. The Kier molecular flexibility index (Phi) is 4.39. The number of fused-ring (bicyclic) bond motifs is 1. The average Bonchev–Trinajstić information content (AvgIpc) is 2.98. The van der Waals surface area contributed by atoms with E-state index in [0.29, 0.717) is 12.3 Å². The Labute approximate surface area is 134 Å². The molecule has 3 rings (SSSR count). The van der Waals surface area contributed by atoms with Gasteiger partial charge in [0.05, 0.1) is 14.2 Å². The summed E-state index contributed by atoms with van der Waals surface area (Å²) in [5, 5.41) is 14.2. The first-order valence-corrected chi connectivity index (χ1v) is 7.42. The van der Waals surface area contributed by atoms with Crippen LogP contribution in [0, 0.1) is 0 Å². The SMILES string of the molecule is COc1ccc2[nH]cc(CNCc3ccc(O)c(OC)c3)c2c1.